The van der Waals surface area contributed by atoms with E-state index < -0.39 is 6.04 Å². The summed E-state index contributed by atoms with van der Waals surface area (Å²) in [4.78, 5) is 30.9. The van der Waals surface area contributed by atoms with Crippen LogP contribution in [-0.2, 0) is 17.8 Å². The normalized spacial score (nSPS) is 14.4. The van der Waals surface area contributed by atoms with Gasteiger partial charge in [0.2, 0.25) is 5.91 Å². The van der Waals surface area contributed by atoms with Crippen LogP contribution >= 0.6 is 11.3 Å². The molecule has 0 fully saturated rings. The van der Waals surface area contributed by atoms with Crippen molar-refractivity contribution in [3.8, 4) is 0 Å². The molecule has 1 atom stereocenters. The number of benzene rings is 1. The van der Waals surface area contributed by atoms with E-state index in [1.165, 1.54) is 10.4 Å². The second-order valence-corrected chi connectivity index (χ2v) is 8.14. The van der Waals surface area contributed by atoms with Gasteiger partial charge in [-0.2, -0.15) is 0 Å². The molecule has 27 heavy (non-hydrogen) atoms. The summed E-state index contributed by atoms with van der Waals surface area (Å²) < 4.78 is 0. The molecule has 2 amide bonds. The largest absolute Gasteiger partial charge is 0.378 e. The number of carbonyl (C=O) groups is 2. The Bertz CT molecular complexity index is 798. The first-order chi connectivity index (χ1) is 13.0. The van der Waals surface area contributed by atoms with Crippen LogP contribution in [0.3, 0.4) is 0 Å². The number of anilines is 1. The van der Waals surface area contributed by atoms with Crippen LogP contribution in [0.15, 0.2) is 35.7 Å². The number of hydrogen-bond donors (Lipinski definition) is 1. The van der Waals surface area contributed by atoms with Crippen molar-refractivity contribution in [1.29, 1.82) is 0 Å². The van der Waals surface area contributed by atoms with Crippen molar-refractivity contribution in [2.45, 2.75) is 38.8 Å². The SMILES string of the molecule is CCC[C@H](NC(=O)c1ccc(N(C)C)cc1)C(=O)N1CCc2sccc2C1. The van der Waals surface area contributed by atoms with Gasteiger partial charge in [-0.15, -0.1) is 11.3 Å². The Balaban J connectivity index is 1.67. The average Bonchev–Trinajstić information content (AvgIpc) is 3.14. The van der Waals surface area contributed by atoms with Crippen molar-refractivity contribution in [3.63, 3.8) is 0 Å². The van der Waals surface area contributed by atoms with Gasteiger partial charge < -0.3 is 15.1 Å². The van der Waals surface area contributed by atoms with Gasteiger partial charge in [0.25, 0.3) is 5.91 Å². The van der Waals surface area contributed by atoms with Crippen molar-refractivity contribution < 1.29 is 9.59 Å². The van der Waals surface area contributed by atoms with Gasteiger partial charge in [-0.25, -0.2) is 0 Å². The molecule has 0 spiro atoms. The zero-order chi connectivity index (χ0) is 19.4. The Kier molecular flexibility index (Phi) is 6.16. The number of carbonyl (C=O) groups excluding carboxylic acids is 2. The van der Waals surface area contributed by atoms with E-state index in [9.17, 15) is 9.59 Å². The van der Waals surface area contributed by atoms with Crippen molar-refractivity contribution in [2.24, 2.45) is 0 Å². The Morgan fingerprint density at radius 1 is 1.22 bits per heavy atom. The summed E-state index contributed by atoms with van der Waals surface area (Å²) in [5.41, 5.74) is 2.85. The van der Waals surface area contributed by atoms with Crippen LogP contribution < -0.4 is 10.2 Å². The first kappa shape index (κ1) is 19.4. The highest BCUT2D eigenvalue weighted by molar-refractivity contribution is 7.10. The van der Waals surface area contributed by atoms with E-state index in [1.54, 1.807) is 23.5 Å². The summed E-state index contributed by atoms with van der Waals surface area (Å²) in [6.45, 7) is 3.40. The lowest BCUT2D eigenvalue weighted by atomic mass is 10.1. The third-order valence-electron chi connectivity index (χ3n) is 4.95. The van der Waals surface area contributed by atoms with E-state index in [4.69, 9.17) is 0 Å². The molecule has 1 aromatic carbocycles. The molecule has 2 aromatic rings. The fourth-order valence-corrected chi connectivity index (χ4v) is 4.25. The molecule has 1 aliphatic rings. The molecular weight excluding hydrogens is 358 g/mol. The molecule has 0 saturated heterocycles. The topological polar surface area (TPSA) is 52.7 Å². The monoisotopic (exact) mass is 385 g/mol. The zero-order valence-corrected chi connectivity index (χ0v) is 17.0. The summed E-state index contributed by atoms with van der Waals surface area (Å²) in [5.74, 6) is -0.174. The van der Waals surface area contributed by atoms with Crippen LogP contribution in [-0.4, -0.2) is 43.4 Å². The number of nitrogens with zero attached hydrogens (tertiary/aromatic N) is 2. The van der Waals surface area contributed by atoms with Crippen LogP contribution in [0.5, 0.6) is 0 Å². The predicted molar refractivity (Wildman–Crippen MR) is 110 cm³/mol. The van der Waals surface area contributed by atoms with Gasteiger partial charge in [-0.3, -0.25) is 9.59 Å². The number of nitrogens with one attached hydrogen (secondary N) is 1. The molecular formula is C21H27N3O2S. The molecule has 144 valence electrons. The van der Waals surface area contributed by atoms with Gasteiger partial charge in [-0.1, -0.05) is 13.3 Å². The van der Waals surface area contributed by atoms with Gasteiger partial charge in [0.1, 0.15) is 6.04 Å². The van der Waals surface area contributed by atoms with E-state index in [2.05, 4.69) is 16.8 Å². The first-order valence-corrected chi connectivity index (χ1v) is 10.3. The molecule has 3 rings (SSSR count). The van der Waals surface area contributed by atoms with Crippen LogP contribution in [0.2, 0.25) is 0 Å². The predicted octanol–water partition coefficient (Wildman–Crippen LogP) is 3.30. The fraction of sp³-hybridized carbons (Fsp3) is 0.429. The van der Waals surface area contributed by atoms with Gasteiger partial charge in [-0.05, 0) is 54.1 Å². The molecule has 2 heterocycles. The van der Waals surface area contributed by atoms with Crippen LogP contribution in [0.4, 0.5) is 5.69 Å². The Labute approximate surface area is 165 Å². The highest BCUT2D eigenvalue weighted by atomic mass is 32.1. The van der Waals surface area contributed by atoms with E-state index in [0.29, 0.717) is 18.5 Å². The molecule has 1 aromatic heterocycles. The highest BCUT2D eigenvalue weighted by Gasteiger charge is 2.28. The minimum absolute atomic E-state index is 0.0203. The molecule has 0 saturated carbocycles. The lowest BCUT2D eigenvalue weighted by Gasteiger charge is -2.31. The molecule has 0 aliphatic carbocycles. The second-order valence-electron chi connectivity index (χ2n) is 7.13. The molecule has 0 radical (unpaired) electrons. The second kappa shape index (κ2) is 8.57. The first-order valence-electron chi connectivity index (χ1n) is 9.42. The van der Waals surface area contributed by atoms with Crippen LogP contribution in [0.1, 0.15) is 40.6 Å². The van der Waals surface area contributed by atoms with Gasteiger partial charge in [0.05, 0.1) is 0 Å². The van der Waals surface area contributed by atoms with Crippen LogP contribution in [0.25, 0.3) is 0 Å². The number of fused-ring (bicyclic) bond motifs is 1. The minimum Gasteiger partial charge on any atom is -0.378 e. The van der Waals surface area contributed by atoms with Crippen molar-refractivity contribution >= 4 is 28.8 Å². The summed E-state index contributed by atoms with van der Waals surface area (Å²) >= 11 is 1.76. The molecule has 1 aliphatic heterocycles. The number of hydrogen-bond acceptors (Lipinski definition) is 4. The quantitative estimate of drug-likeness (QED) is 0.830. The summed E-state index contributed by atoms with van der Waals surface area (Å²) in [7, 11) is 3.92. The minimum atomic E-state index is -0.476. The lowest BCUT2D eigenvalue weighted by Crippen LogP contribution is -2.49. The lowest BCUT2D eigenvalue weighted by molar-refractivity contribution is -0.134. The van der Waals surface area contributed by atoms with Crippen molar-refractivity contribution in [2.75, 3.05) is 25.5 Å². The molecule has 1 N–H and O–H groups in total. The molecule has 0 bridgehead atoms. The van der Waals surface area contributed by atoms with E-state index in [1.807, 2.05) is 43.0 Å². The van der Waals surface area contributed by atoms with Gasteiger partial charge >= 0.3 is 0 Å². The number of rotatable bonds is 6. The molecule has 0 unspecified atom stereocenters. The summed E-state index contributed by atoms with van der Waals surface area (Å²) in [6, 6.07) is 9.05. The number of amides is 2. The number of thiophene rings is 1. The standard InChI is InChI=1S/C21H27N3O2S/c1-4-5-18(21(26)24-12-10-19-16(14-24)11-13-27-19)22-20(25)15-6-8-17(9-7-15)23(2)3/h6-9,11,13,18H,4-5,10,12,14H2,1-3H3,(H,22,25)/t18-/m0/s1. The Morgan fingerprint density at radius 2 is 1.96 bits per heavy atom. The average molecular weight is 386 g/mol. The maximum Gasteiger partial charge on any atom is 0.251 e. The van der Waals surface area contributed by atoms with E-state index >= 15 is 0 Å². The van der Waals surface area contributed by atoms with Gasteiger partial charge in [0, 0.05) is 43.3 Å². The van der Waals surface area contributed by atoms with Crippen molar-refractivity contribution in [3.05, 3.63) is 51.7 Å². The fourth-order valence-electron chi connectivity index (χ4n) is 3.36. The smallest absolute Gasteiger partial charge is 0.251 e. The third kappa shape index (κ3) is 4.50. The van der Waals surface area contributed by atoms with E-state index in [-0.39, 0.29) is 11.8 Å². The molecule has 6 heteroatoms. The molecule has 5 nitrogen and oxygen atoms in total. The zero-order valence-electron chi connectivity index (χ0n) is 16.2. The van der Waals surface area contributed by atoms with E-state index in [0.717, 1.165) is 25.1 Å². The maximum absolute atomic E-state index is 13.0. The van der Waals surface area contributed by atoms with Crippen molar-refractivity contribution in [1.82, 2.24) is 10.2 Å². The summed E-state index contributed by atoms with van der Waals surface area (Å²) in [5, 5.41) is 5.04. The summed E-state index contributed by atoms with van der Waals surface area (Å²) in [6.07, 6.45) is 2.39. The third-order valence-corrected chi connectivity index (χ3v) is 5.97. The Morgan fingerprint density at radius 3 is 2.63 bits per heavy atom. The van der Waals surface area contributed by atoms with Crippen LogP contribution in [0, 0.1) is 0 Å². The Hall–Kier alpha value is -2.34. The maximum atomic E-state index is 13.0. The van der Waals surface area contributed by atoms with Gasteiger partial charge in [0.15, 0.2) is 0 Å². The highest BCUT2D eigenvalue weighted by Crippen LogP contribution is 2.24.